The molecule has 2 amide bonds. The van der Waals surface area contributed by atoms with Crippen molar-refractivity contribution in [2.75, 3.05) is 7.11 Å². The van der Waals surface area contributed by atoms with Crippen LogP contribution in [-0.4, -0.2) is 53.7 Å². The molecule has 0 aromatic heterocycles. The van der Waals surface area contributed by atoms with Crippen LogP contribution in [0.25, 0.3) is 0 Å². The summed E-state index contributed by atoms with van der Waals surface area (Å²) >= 11 is 0. The predicted molar refractivity (Wildman–Crippen MR) is 78.1 cm³/mol. The number of fused-ring (bicyclic) bond motifs is 1. The molecule has 0 saturated carbocycles. The van der Waals surface area contributed by atoms with Gasteiger partial charge in [0.15, 0.2) is 0 Å². The molecule has 2 rings (SSSR count). The number of alkyl carbamates (subject to hydrolysis) is 1. The smallest absolute Gasteiger partial charge is 0.408 e. The van der Waals surface area contributed by atoms with E-state index < -0.39 is 29.7 Å². The zero-order valence-corrected chi connectivity index (χ0v) is 13.5. The predicted octanol–water partition coefficient (Wildman–Crippen LogP) is 1.21. The molecular formula is C15H24N2O5. The summed E-state index contributed by atoms with van der Waals surface area (Å²) in [6, 6.07) is -1.12. The van der Waals surface area contributed by atoms with Gasteiger partial charge in [-0.05, 0) is 46.5 Å². The maximum Gasteiger partial charge on any atom is 0.408 e. The zero-order valence-electron chi connectivity index (χ0n) is 13.5. The minimum atomic E-state index is -0.642. The van der Waals surface area contributed by atoms with Gasteiger partial charge in [-0.15, -0.1) is 0 Å². The number of hydrogen-bond acceptors (Lipinski definition) is 5. The van der Waals surface area contributed by atoms with E-state index in [2.05, 4.69) is 5.32 Å². The van der Waals surface area contributed by atoms with Gasteiger partial charge in [0.2, 0.25) is 5.91 Å². The van der Waals surface area contributed by atoms with Gasteiger partial charge in [0, 0.05) is 6.04 Å². The molecule has 2 aliphatic heterocycles. The standard InChI is InChI=1S/C15H24N2O5/c1-15(2,3)22-14(20)16-10-7-5-9-6-8-11(13(19)21-4)17(9)12(10)18/h9-11H,5-8H2,1-4H3,(H,16,20)/t9-,10+,11-/m0/s1. The minimum Gasteiger partial charge on any atom is -0.467 e. The van der Waals surface area contributed by atoms with Gasteiger partial charge >= 0.3 is 12.1 Å². The van der Waals surface area contributed by atoms with E-state index in [0.29, 0.717) is 12.8 Å². The minimum absolute atomic E-state index is 0.0632. The van der Waals surface area contributed by atoms with E-state index in [4.69, 9.17) is 9.47 Å². The Balaban J connectivity index is 2.03. The average Bonchev–Trinajstić information content (AvgIpc) is 2.83. The van der Waals surface area contributed by atoms with Crippen LogP contribution in [0.3, 0.4) is 0 Å². The van der Waals surface area contributed by atoms with Crippen molar-refractivity contribution in [1.82, 2.24) is 10.2 Å². The third-order valence-electron chi connectivity index (χ3n) is 4.01. The van der Waals surface area contributed by atoms with Crippen molar-refractivity contribution in [3.63, 3.8) is 0 Å². The summed E-state index contributed by atoms with van der Waals surface area (Å²) in [5, 5.41) is 2.61. The number of hydrogen-bond donors (Lipinski definition) is 1. The topological polar surface area (TPSA) is 84.9 Å². The lowest BCUT2D eigenvalue weighted by molar-refractivity contribution is -0.154. The fourth-order valence-corrected chi connectivity index (χ4v) is 3.11. The van der Waals surface area contributed by atoms with E-state index in [-0.39, 0.29) is 11.9 Å². The lowest BCUT2D eigenvalue weighted by Crippen LogP contribution is -2.58. The van der Waals surface area contributed by atoms with Crippen molar-refractivity contribution in [1.29, 1.82) is 0 Å². The van der Waals surface area contributed by atoms with Gasteiger partial charge in [0.05, 0.1) is 7.11 Å². The second kappa shape index (κ2) is 6.14. The molecule has 3 atom stereocenters. The van der Waals surface area contributed by atoms with Gasteiger partial charge < -0.3 is 19.7 Å². The molecule has 2 fully saturated rings. The third-order valence-corrected chi connectivity index (χ3v) is 4.01. The molecule has 0 aromatic carbocycles. The van der Waals surface area contributed by atoms with Crippen molar-refractivity contribution in [2.24, 2.45) is 0 Å². The Morgan fingerprint density at radius 2 is 1.82 bits per heavy atom. The lowest BCUT2D eigenvalue weighted by atomic mass is 9.98. The van der Waals surface area contributed by atoms with Gasteiger partial charge in [-0.3, -0.25) is 4.79 Å². The zero-order chi connectivity index (χ0) is 16.5. The highest BCUT2D eigenvalue weighted by Crippen LogP contribution is 2.33. The van der Waals surface area contributed by atoms with Crippen LogP contribution in [-0.2, 0) is 19.1 Å². The summed E-state index contributed by atoms with van der Waals surface area (Å²) in [6.07, 6.45) is 2.12. The van der Waals surface area contributed by atoms with Crippen LogP contribution < -0.4 is 5.32 Å². The SMILES string of the molecule is COC(=O)[C@@H]1CC[C@@H]2CC[C@@H](NC(=O)OC(C)(C)C)C(=O)N21. The van der Waals surface area contributed by atoms with Gasteiger partial charge in [-0.1, -0.05) is 0 Å². The molecule has 1 N–H and O–H groups in total. The van der Waals surface area contributed by atoms with Crippen molar-refractivity contribution in [3.05, 3.63) is 0 Å². The summed E-state index contributed by atoms with van der Waals surface area (Å²) in [5.74, 6) is -0.622. The summed E-state index contributed by atoms with van der Waals surface area (Å²) in [6.45, 7) is 5.29. The molecule has 0 bridgehead atoms. The maximum absolute atomic E-state index is 12.6. The van der Waals surface area contributed by atoms with E-state index in [1.54, 1.807) is 25.7 Å². The number of carbonyl (C=O) groups excluding carboxylic acids is 3. The van der Waals surface area contributed by atoms with Gasteiger partial charge in [-0.2, -0.15) is 0 Å². The Morgan fingerprint density at radius 1 is 1.18 bits per heavy atom. The van der Waals surface area contributed by atoms with E-state index in [1.165, 1.54) is 7.11 Å². The second-order valence-electron chi connectivity index (χ2n) is 6.79. The molecule has 2 saturated heterocycles. The van der Waals surface area contributed by atoms with E-state index in [1.807, 2.05) is 0 Å². The number of carbonyl (C=O) groups is 3. The Labute approximate surface area is 130 Å². The highest BCUT2D eigenvalue weighted by atomic mass is 16.6. The number of nitrogens with zero attached hydrogens (tertiary/aromatic N) is 1. The number of esters is 1. The summed E-state index contributed by atoms with van der Waals surface area (Å²) in [7, 11) is 1.32. The molecule has 22 heavy (non-hydrogen) atoms. The van der Waals surface area contributed by atoms with Gasteiger partial charge in [0.1, 0.15) is 17.7 Å². The van der Waals surface area contributed by atoms with Crippen LogP contribution >= 0.6 is 0 Å². The van der Waals surface area contributed by atoms with Crippen LogP contribution in [0.5, 0.6) is 0 Å². The van der Waals surface area contributed by atoms with Crippen molar-refractivity contribution < 1.29 is 23.9 Å². The van der Waals surface area contributed by atoms with Crippen LogP contribution in [0.4, 0.5) is 4.79 Å². The molecule has 2 aliphatic rings. The van der Waals surface area contributed by atoms with E-state index in [0.717, 1.165) is 12.8 Å². The molecule has 7 nitrogen and oxygen atoms in total. The Hall–Kier alpha value is -1.79. The number of amides is 2. The number of piperidine rings is 1. The first-order valence-electron chi connectivity index (χ1n) is 7.62. The number of ether oxygens (including phenoxy) is 2. The highest BCUT2D eigenvalue weighted by Gasteiger charge is 2.47. The van der Waals surface area contributed by atoms with Crippen molar-refractivity contribution in [3.8, 4) is 0 Å². The molecular weight excluding hydrogens is 288 g/mol. The average molecular weight is 312 g/mol. The molecule has 0 radical (unpaired) electrons. The third kappa shape index (κ3) is 3.51. The van der Waals surface area contributed by atoms with Gasteiger partial charge in [0.25, 0.3) is 0 Å². The molecule has 0 aliphatic carbocycles. The highest BCUT2D eigenvalue weighted by molar-refractivity contribution is 5.91. The maximum atomic E-state index is 12.6. The number of rotatable bonds is 2. The lowest BCUT2D eigenvalue weighted by Gasteiger charge is -2.37. The molecule has 0 aromatic rings. The van der Waals surface area contributed by atoms with E-state index in [9.17, 15) is 14.4 Å². The summed E-state index contributed by atoms with van der Waals surface area (Å²) < 4.78 is 9.95. The molecule has 2 heterocycles. The second-order valence-corrected chi connectivity index (χ2v) is 6.79. The van der Waals surface area contributed by atoms with Crippen LogP contribution in [0, 0.1) is 0 Å². The van der Waals surface area contributed by atoms with Crippen LogP contribution in [0.2, 0.25) is 0 Å². The molecule has 0 spiro atoms. The van der Waals surface area contributed by atoms with Crippen molar-refractivity contribution >= 4 is 18.0 Å². The Morgan fingerprint density at radius 3 is 2.41 bits per heavy atom. The molecule has 0 unspecified atom stereocenters. The monoisotopic (exact) mass is 312 g/mol. The first kappa shape index (κ1) is 16.6. The summed E-state index contributed by atoms with van der Waals surface area (Å²) in [4.78, 5) is 37.8. The van der Waals surface area contributed by atoms with E-state index >= 15 is 0 Å². The Kier molecular flexibility index (Phi) is 4.63. The molecule has 7 heteroatoms. The number of nitrogens with one attached hydrogen (secondary N) is 1. The van der Waals surface area contributed by atoms with Crippen molar-refractivity contribution in [2.45, 2.75) is 70.2 Å². The molecule has 124 valence electrons. The number of methoxy groups -OCH3 is 1. The Bertz CT molecular complexity index is 471. The fraction of sp³-hybridized carbons (Fsp3) is 0.800. The summed E-state index contributed by atoms with van der Waals surface area (Å²) in [5.41, 5.74) is -0.619. The first-order chi connectivity index (χ1) is 10.2. The van der Waals surface area contributed by atoms with Crippen LogP contribution in [0.1, 0.15) is 46.5 Å². The quantitative estimate of drug-likeness (QED) is 0.775. The fourth-order valence-electron chi connectivity index (χ4n) is 3.11. The normalized spacial score (nSPS) is 28.1. The van der Waals surface area contributed by atoms with Crippen LogP contribution in [0.15, 0.2) is 0 Å². The first-order valence-corrected chi connectivity index (χ1v) is 7.62. The van der Waals surface area contributed by atoms with Gasteiger partial charge in [-0.25, -0.2) is 9.59 Å². The largest absolute Gasteiger partial charge is 0.467 e.